The molecular formula is C25H31ClN4O3. The first-order valence-corrected chi connectivity index (χ1v) is 11.7. The Morgan fingerprint density at radius 1 is 1.00 bits per heavy atom. The van der Waals surface area contributed by atoms with Crippen molar-refractivity contribution in [3.8, 4) is 0 Å². The first kappa shape index (κ1) is 24.6. The molecule has 1 saturated heterocycles. The molecule has 2 N–H and O–H groups in total. The average molecular weight is 471 g/mol. The van der Waals surface area contributed by atoms with Crippen molar-refractivity contribution in [2.75, 3.05) is 37.6 Å². The van der Waals surface area contributed by atoms with E-state index < -0.39 is 6.04 Å². The second-order valence-electron chi connectivity index (χ2n) is 8.27. The maximum Gasteiger partial charge on any atom is 0.251 e. The number of anilines is 1. The lowest BCUT2D eigenvalue weighted by Gasteiger charge is -2.36. The number of carbonyl (C=O) groups is 3. The molecule has 2 unspecified atom stereocenters. The van der Waals surface area contributed by atoms with Gasteiger partial charge < -0.3 is 20.4 Å². The zero-order chi connectivity index (χ0) is 23.8. The Morgan fingerprint density at radius 2 is 1.70 bits per heavy atom. The summed E-state index contributed by atoms with van der Waals surface area (Å²) < 4.78 is 0. The van der Waals surface area contributed by atoms with Crippen LogP contribution in [-0.4, -0.2) is 61.4 Å². The highest BCUT2D eigenvalue weighted by atomic mass is 35.5. The van der Waals surface area contributed by atoms with E-state index in [9.17, 15) is 14.4 Å². The third-order valence-corrected chi connectivity index (χ3v) is 6.27. The molecule has 0 spiro atoms. The second-order valence-corrected chi connectivity index (χ2v) is 8.70. The van der Waals surface area contributed by atoms with Crippen LogP contribution in [0.25, 0.3) is 0 Å². The summed E-state index contributed by atoms with van der Waals surface area (Å²) in [5, 5.41) is 6.23. The van der Waals surface area contributed by atoms with Crippen LogP contribution in [0, 0.1) is 5.92 Å². The number of halogens is 1. The van der Waals surface area contributed by atoms with E-state index in [2.05, 4.69) is 15.5 Å². The Labute approximate surface area is 200 Å². The molecular weight excluding hydrogens is 440 g/mol. The summed E-state index contributed by atoms with van der Waals surface area (Å²) in [7, 11) is 0. The third-order valence-electron chi connectivity index (χ3n) is 6.04. The summed E-state index contributed by atoms with van der Waals surface area (Å²) in [4.78, 5) is 42.0. The summed E-state index contributed by atoms with van der Waals surface area (Å²) in [5.74, 6) is -0.862. The Bertz CT molecular complexity index is 961. The van der Waals surface area contributed by atoms with Gasteiger partial charge in [0.1, 0.15) is 6.04 Å². The number of hydrogen-bond acceptors (Lipinski definition) is 4. The molecule has 3 amide bonds. The smallest absolute Gasteiger partial charge is 0.251 e. The Hall–Kier alpha value is -3.06. The number of rotatable bonds is 8. The summed E-state index contributed by atoms with van der Waals surface area (Å²) in [6, 6.07) is 15.7. The average Bonchev–Trinajstić information content (AvgIpc) is 2.85. The first-order valence-electron chi connectivity index (χ1n) is 11.3. The lowest BCUT2D eigenvalue weighted by atomic mass is 9.98. The van der Waals surface area contributed by atoms with Gasteiger partial charge in [0.25, 0.3) is 5.91 Å². The van der Waals surface area contributed by atoms with Crippen LogP contribution in [0.2, 0.25) is 5.02 Å². The fraction of sp³-hybridized carbons (Fsp3) is 0.400. The van der Waals surface area contributed by atoms with Crippen LogP contribution in [0.4, 0.5) is 5.69 Å². The lowest BCUT2D eigenvalue weighted by Crippen LogP contribution is -2.54. The summed E-state index contributed by atoms with van der Waals surface area (Å²) in [6.07, 6.45) is 0.715. The van der Waals surface area contributed by atoms with Gasteiger partial charge in [0.15, 0.2) is 0 Å². The molecule has 8 heteroatoms. The van der Waals surface area contributed by atoms with E-state index >= 15 is 0 Å². The summed E-state index contributed by atoms with van der Waals surface area (Å²) in [6.45, 7) is 6.31. The largest absolute Gasteiger partial charge is 0.368 e. The minimum atomic E-state index is -0.713. The molecule has 2 atom stereocenters. The van der Waals surface area contributed by atoms with Crippen molar-refractivity contribution < 1.29 is 14.4 Å². The number of amides is 3. The highest BCUT2D eigenvalue weighted by Gasteiger charge is 2.28. The molecule has 1 aliphatic rings. The molecule has 1 fully saturated rings. The van der Waals surface area contributed by atoms with E-state index in [1.807, 2.05) is 44.2 Å². The highest BCUT2D eigenvalue weighted by molar-refractivity contribution is 6.30. The first-order chi connectivity index (χ1) is 15.9. The molecule has 33 heavy (non-hydrogen) atoms. The SMILES string of the molecule is CCC(C)C(NC(=O)c1ccccc1)C(=O)NCC(=O)N1CCN(c2cccc(Cl)c2)CC1. The van der Waals surface area contributed by atoms with Gasteiger partial charge in [0.05, 0.1) is 6.54 Å². The van der Waals surface area contributed by atoms with E-state index in [0.29, 0.717) is 43.2 Å². The van der Waals surface area contributed by atoms with Crippen molar-refractivity contribution in [2.24, 2.45) is 5.92 Å². The minimum Gasteiger partial charge on any atom is -0.368 e. The van der Waals surface area contributed by atoms with E-state index in [1.165, 1.54) is 0 Å². The Balaban J connectivity index is 1.51. The van der Waals surface area contributed by atoms with Gasteiger partial charge in [0.2, 0.25) is 11.8 Å². The minimum absolute atomic E-state index is 0.0750. The number of nitrogens with one attached hydrogen (secondary N) is 2. The Morgan fingerprint density at radius 3 is 2.33 bits per heavy atom. The molecule has 0 aliphatic carbocycles. The van der Waals surface area contributed by atoms with Crippen molar-refractivity contribution in [3.05, 3.63) is 65.2 Å². The van der Waals surface area contributed by atoms with E-state index in [0.717, 1.165) is 5.69 Å². The number of benzene rings is 2. The molecule has 0 radical (unpaired) electrons. The van der Waals surface area contributed by atoms with Gasteiger partial charge in [-0.3, -0.25) is 14.4 Å². The van der Waals surface area contributed by atoms with Gasteiger partial charge in [-0.15, -0.1) is 0 Å². The fourth-order valence-electron chi connectivity index (χ4n) is 3.79. The maximum absolute atomic E-state index is 12.8. The van der Waals surface area contributed by atoms with Crippen LogP contribution in [0.15, 0.2) is 54.6 Å². The normalized spacial score (nSPS) is 15.5. The summed E-state index contributed by atoms with van der Waals surface area (Å²) >= 11 is 6.08. The predicted octanol–water partition coefficient (Wildman–Crippen LogP) is 2.95. The number of nitrogens with zero attached hydrogens (tertiary/aromatic N) is 2. The molecule has 2 aromatic rings. The molecule has 0 aromatic heterocycles. The van der Waals surface area contributed by atoms with Crippen molar-refractivity contribution in [3.63, 3.8) is 0 Å². The van der Waals surface area contributed by atoms with Crippen molar-refractivity contribution >= 4 is 35.0 Å². The third kappa shape index (κ3) is 6.71. The van der Waals surface area contributed by atoms with Crippen molar-refractivity contribution in [1.82, 2.24) is 15.5 Å². The maximum atomic E-state index is 12.8. The van der Waals surface area contributed by atoms with Crippen LogP contribution in [0.1, 0.15) is 30.6 Å². The molecule has 2 aromatic carbocycles. The van der Waals surface area contributed by atoms with Gasteiger partial charge in [-0.2, -0.15) is 0 Å². The zero-order valence-corrected chi connectivity index (χ0v) is 19.8. The lowest BCUT2D eigenvalue weighted by molar-refractivity contribution is -0.133. The molecule has 7 nitrogen and oxygen atoms in total. The van der Waals surface area contributed by atoms with Crippen molar-refractivity contribution in [2.45, 2.75) is 26.3 Å². The van der Waals surface area contributed by atoms with Gasteiger partial charge in [-0.1, -0.05) is 56.1 Å². The molecule has 0 saturated carbocycles. The molecule has 0 bridgehead atoms. The van der Waals surface area contributed by atoms with Crippen molar-refractivity contribution in [1.29, 1.82) is 0 Å². The molecule has 1 aliphatic heterocycles. The second kappa shape index (κ2) is 11.7. The molecule has 1 heterocycles. The van der Waals surface area contributed by atoms with Gasteiger partial charge >= 0.3 is 0 Å². The predicted molar refractivity (Wildman–Crippen MR) is 130 cm³/mol. The van der Waals surface area contributed by atoms with Crippen LogP contribution in [-0.2, 0) is 9.59 Å². The van der Waals surface area contributed by atoms with Gasteiger partial charge in [-0.25, -0.2) is 0 Å². The van der Waals surface area contributed by atoms with Crippen LogP contribution >= 0.6 is 11.6 Å². The number of piperazine rings is 1. The Kier molecular flexibility index (Phi) is 8.72. The van der Waals surface area contributed by atoms with E-state index in [-0.39, 0.29) is 30.2 Å². The van der Waals surface area contributed by atoms with Gasteiger partial charge in [-0.05, 0) is 36.2 Å². The van der Waals surface area contributed by atoms with E-state index in [1.54, 1.807) is 29.2 Å². The number of hydrogen-bond donors (Lipinski definition) is 2. The standard InChI is InChI=1S/C25H31ClN4O3/c1-3-18(2)23(28-24(32)19-8-5-4-6-9-19)25(33)27-17-22(31)30-14-12-29(13-15-30)21-11-7-10-20(26)16-21/h4-11,16,18,23H,3,12-15,17H2,1-2H3,(H,27,33)(H,28,32). The molecule has 3 rings (SSSR count). The van der Waals surface area contributed by atoms with Crippen LogP contribution < -0.4 is 15.5 Å². The van der Waals surface area contributed by atoms with Gasteiger partial charge in [0, 0.05) is 42.5 Å². The monoisotopic (exact) mass is 470 g/mol. The molecule has 176 valence electrons. The quantitative estimate of drug-likeness (QED) is 0.621. The fourth-order valence-corrected chi connectivity index (χ4v) is 3.97. The zero-order valence-electron chi connectivity index (χ0n) is 19.1. The van der Waals surface area contributed by atoms with E-state index in [4.69, 9.17) is 11.6 Å². The highest BCUT2D eigenvalue weighted by Crippen LogP contribution is 2.20. The van der Waals surface area contributed by atoms with Crippen LogP contribution in [0.3, 0.4) is 0 Å². The topological polar surface area (TPSA) is 81.8 Å². The van der Waals surface area contributed by atoms with Crippen LogP contribution in [0.5, 0.6) is 0 Å². The number of carbonyl (C=O) groups excluding carboxylic acids is 3. The summed E-state index contributed by atoms with van der Waals surface area (Å²) in [5.41, 5.74) is 1.53.